The van der Waals surface area contributed by atoms with Gasteiger partial charge in [0.15, 0.2) is 0 Å². The first-order chi connectivity index (χ1) is 11.2. The smallest absolute Gasteiger partial charge is 0.410 e. The number of piperidine rings is 1. The Balaban J connectivity index is 1.81. The van der Waals surface area contributed by atoms with Crippen molar-refractivity contribution in [3.05, 3.63) is 34.9 Å². The predicted molar refractivity (Wildman–Crippen MR) is 92.2 cm³/mol. The molecular weight excluding hydrogens is 304 g/mol. The van der Waals surface area contributed by atoms with E-state index >= 15 is 0 Å². The van der Waals surface area contributed by atoms with Crippen molar-refractivity contribution in [1.82, 2.24) is 10.2 Å². The summed E-state index contributed by atoms with van der Waals surface area (Å²) in [6.07, 6.45) is 1.43. The Morgan fingerprint density at radius 2 is 1.92 bits per heavy atom. The van der Waals surface area contributed by atoms with Crippen molar-refractivity contribution < 1.29 is 14.3 Å². The zero-order chi connectivity index (χ0) is 17.5. The van der Waals surface area contributed by atoms with E-state index in [9.17, 15) is 9.59 Å². The van der Waals surface area contributed by atoms with Crippen LogP contribution in [-0.4, -0.2) is 42.1 Å². The second-order valence-corrected chi connectivity index (χ2v) is 7.93. The lowest BCUT2D eigenvalue weighted by Gasteiger charge is -2.45. The van der Waals surface area contributed by atoms with Gasteiger partial charge in [-0.1, -0.05) is 12.1 Å². The lowest BCUT2D eigenvalue weighted by atomic mass is 9.68. The predicted octanol–water partition coefficient (Wildman–Crippen LogP) is 3.01. The van der Waals surface area contributed by atoms with Gasteiger partial charge in [0.05, 0.1) is 0 Å². The third-order valence-corrected chi connectivity index (χ3v) is 5.01. The number of hydrogen-bond donors (Lipinski definition) is 1. The van der Waals surface area contributed by atoms with Crippen molar-refractivity contribution in [3.8, 4) is 0 Å². The molecule has 0 bridgehead atoms. The number of carbonyl (C=O) groups excluding carboxylic acids is 2. The Kier molecular flexibility index (Phi) is 4.06. The Hall–Kier alpha value is -2.04. The van der Waals surface area contributed by atoms with Gasteiger partial charge in [0.2, 0.25) is 0 Å². The highest BCUT2D eigenvalue weighted by Gasteiger charge is 2.43. The molecule has 0 aromatic heterocycles. The number of amides is 2. The van der Waals surface area contributed by atoms with Gasteiger partial charge < -0.3 is 15.0 Å². The molecule has 5 nitrogen and oxygen atoms in total. The molecule has 1 spiro atoms. The molecule has 130 valence electrons. The average Bonchev–Trinajstić information content (AvgIpc) is 2.50. The molecule has 2 aliphatic heterocycles. The zero-order valence-corrected chi connectivity index (χ0v) is 14.9. The SMILES string of the molecule is Cc1cccc2c1C1(CCN(C(=O)OC(C)(C)C)CC1)CNC2=O. The molecule has 2 aliphatic rings. The molecule has 3 rings (SSSR count). The minimum atomic E-state index is -0.478. The van der Waals surface area contributed by atoms with Crippen LogP contribution in [0.4, 0.5) is 4.79 Å². The number of fused-ring (bicyclic) bond motifs is 2. The summed E-state index contributed by atoms with van der Waals surface area (Å²) in [4.78, 5) is 26.3. The fourth-order valence-electron chi connectivity index (χ4n) is 3.86. The average molecular weight is 330 g/mol. The van der Waals surface area contributed by atoms with Crippen molar-refractivity contribution in [2.45, 2.75) is 51.6 Å². The van der Waals surface area contributed by atoms with Gasteiger partial charge in [0, 0.05) is 30.6 Å². The van der Waals surface area contributed by atoms with Crippen molar-refractivity contribution >= 4 is 12.0 Å². The number of ether oxygens (including phenoxy) is 1. The summed E-state index contributed by atoms with van der Waals surface area (Å²) in [5, 5.41) is 3.03. The van der Waals surface area contributed by atoms with Crippen LogP contribution < -0.4 is 5.32 Å². The largest absolute Gasteiger partial charge is 0.444 e. The maximum atomic E-state index is 12.3. The van der Waals surface area contributed by atoms with Gasteiger partial charge >= 0.3 is 6.09 Å². The molecule has 5 heteroatoms. The highest BCUT2D eigenvalue weighted by Crippen LogP contribution is 2.41. The Morgan fingerprint density at radius 1 is 1.25 bits per heavy atom. The number of benzene rings is 1. The van der Waals surface area contributed by atoms with Crippen LogP contribution in [0.1, 0.15) is 55.1 Å². The van der Waals surface area contributed by atoms with Crippen LogP contribution in [0.3, 0.4) is 0 Å². The number of likely N-dealkylation sites (tertiary alicyclic amines) is 1. The van der Waals surface area contributed by atoms with E-state index in [0.717, 1.165) is 29.5 Å². The highest BCUT2D eigenvalue weighted by atomic mass is 16.6. The first-order valence-electron chi connectivity index (χ1n) is 8.58. The van der Waals surface area contributed by atoms with Crippen LogP contribution >= 0.6 is 0 Å². The second kappa shape index (κ2) is 5.80. The molecule has 1 fully saturated rings. The molecule has 0 aliphatic carbocycles. The van der Waals surface area contributed by atoms with E-state index < -0.39 is 5.60 Å². The van der Waals surface area contributed by atoms with E-state index in [1.54, 1.807) is 4.90 Å². The van der Waals surface area contributed by atoms with E-state index in [4.69, 9.17) is 4.74 Å². The number of hydrogen-bond acceptors (Lipinski definition) is 3. The van der Waals surface area contributed by atoms with Crippen LogP contribution in [0.25, 0.3) is 0 Å². The molecule has 24 heavy (non-hydrogen) atoms. The summed E-state index contributed by atoms with van der Waals surface area (Å²) in [6.45, 7) is 9.66. The molecule has 2 heterocycles. The number of aryl methyl sites for hydroxylation is 1. The Labute approximate surface area is 143 Å². The van der Waals surface area contributed by atoms with Gasteiger partial charge in [0.25, 0.3) is 5.91 Å². The lowest BCUT2D eigenvalue weighted by Crippen LogP contribution is -2.54. The van der Waals surface area contributed by atoms with Gasteiger partial charge in [-0.2, -0.15) is 0 Å². The van der Waals surface area contributed by atoms with Gasteiger partial charge in [-0.05, 0) is 57.7 Å². The van der Waals surface area contributed by atoms with Crippen LogP contribution in [0.15, 0.2) is 18.2 Å². The monoisotopic (exact) mass is 330 g/mol. The third-order valence-electron chi connectivity index (χ3n) is 5.01. The van der Waals surface area contributed by atoms with E-state index in [1.807, 2.05) is 32.9 Å². The van der Waals surface area contributed by atoms with Crippen LogP contribution in [0, 0.1) is 6.92 Å². The Bertz CT molecular complexity index is 668. The van der Waals surface area contributed by atoms with E-state index in [1.165, 1.54) is 0 Å². The Morgan fingerprint density at radius 3 is 2.54 bits per heavy atom. The zero-order valence-electron chi connectivity index (χ0n) is 14.9. The molecule has 0 saturated carbocycles. The summed E-state index contributed by atoms with van der Waals surface area (Å²) in [6, 6.07) is 5.90. The van der Waals surface area contributed by atoms with Crippen molar-refractivity contribution in [1.29, 1.82) is 0 Å². The van der Waals surface area contributed by atoms with E-state index in [2.05, 4.69) is 18.3 Å². The molecule has 1 aromatic carbocycles. The van der Waals surface area contributed by atoms with Gasteiger partial charge in [-0.25, -0.2) is 4.79 Å². The molecular formula is C19H26N2O3. The van der Waals surface area contributed by atoms with Gasteiger partial charge in [-0.15, -0.1) is 0 Å². The van der Waals surface area contributed by atoms with E-state index in [0.29, 0.717) is 19.6 Å². The number of rotatable bonds is 0. The fourth-order valence-corrected chi connectivity index (χ4v) is 3.86. The maximum Gasteiger partial charge on any atom is 0.410 e. The van der Waals surface area contributed by atoms with Crippen LogP contribution in [-0.2, 0) is 10.2 Å². The number of carbonyl (C=O) groups is 2. The summed E-state index contributed by atoms with van der Waals surface area (Å²) in [5.74, 6) is 0.00824. The second-order valence-electron chi connectivity index (χ2n) is 7.93. The van der Waals surface area contributed by atoms with Crippen LogP contribution in [0.2, 0.25) is 0 Å². The maximum absolute atomic E-state index is 12.3. The molecule has 2 amide bonds. The topological polar surface area (TPSA) is 58.6 Å². The van der Waals surface area contributed by atoms with Gasteiger partial charge in [-0.3, -0.25) is 4.79 Å². The summed E-state index contributed by atoms with van der Waals surface area (Å²) in [7, 11) is 0. The van der Waals surface area contributed by atoms with Crippen molar-refractivity contribution in [2.75, 3.05) is 19.6 Å². The van der Waals surface area contributed by atoms with Crippen molar-refractivity contribution in [2.24, 2.45) is 0 Å². The highest BCUT2D eigenvalue weighted by molar-refractivity contribution is 5.97. The summed E-state index contributed by atoms with van der Waals surface area (Å²) >= 11 is 0. The number of nitrogens with one attached hydrogen (secondary N) is 1. The molecule has 1 aromatic rings. The first-order valence-corrected chi connectivity index (χ1v) is 8.58. The standard InChI is InChI=1S/C19H26N2O3/c1-13-6-5-7-14-15(13)19(12-20-16(14)22)8-10-21(11-9-19)17(23)24-18(2,3)4/h5-7H,8-12H2,1-4H3,(H,20,22). The molecule has 0 atom stereocenters. The normalized spacial score (nSPS) is 19.7. The summed E-state index contributed by atoms with van der Waals surface area (Å²) in [5.41, 5.74) is 2.55. The minimum Gasteiger partial charge on any atom is -0.444 e. The van der Waals surface area contributed by atoms with Crippen LogP contribution in [0.5, 0.6) is 0 Å². The first kappa shape index (κ1) is 16.8. The molecule has 0 radical (unpaired) electrons. The quantitative estimate of drug-likeness (QED) is 0.795. The van der Waals surface area contributed by atoms with Crippen molar-refractivity contribution in [3.63, 3.8) is 0 Å². The minimum absolute atomic E-state index is 0.00824. The summed E-state index contributed by atoms with van der Waals surface area (Å²) < 4.78 is 5.48. The fraction of sp³-hybridized carbons (Fsp3) is 0.579. The molecule has 1 N–H and O–H groups in total. The van der Waals surface area contributed by atoms with Gasteiger partial charge in [0.1, 0.15) is 5.60 Å². The van der Waals surface area contributed by atoms with E-state index in [-0.39, 0.29) is 17.4 Å². The lowest BCUT2D eigenvalue weighted by molar-refractivity contribution is 0.0158. The molecule has 1 saturated heterocycles. The number of nitrogens with zero attached hydrogens (tertiary/aromatic N) is 1. The molecule has 0 unspecified atom stereocenters. The third kappa shape index (κ3) is 2.99.